The number of rotatable bonds is 8. The van der Waals surface area contributed by atoms with Crippen LogP contribution < -0.4 is 5.32 Å². The van der Waals surface area contributed by atoms with Crippen LogP contribution in [-0.4, -0.2) is 40.1 Å². The van der Waals surface area contributed by atoms with Gasteiger partial charge in [0, 0.05) is 31.4 Å². The highest BCUT2D eigenvalue weighted by Crippen LogP contribution is 2.14. The molecule has 0 amide bonds. The summed E-state index contributed by atoms with van der Waals surface area (Å²) in [6.45, 7) is 11.3. The molecule has 0 aliphatic carbocycles. The summed E-state index contributed by atoms with van der Waals surface area (Å²) in [6, 6.07) is 1.17. The summed E-state index contributed by atoms with van der Waals surface area (Å²) < 4.78 is 2.29. The average Bonchev–Trinajstić information content (AvgIpc) is 3.07. The normalized spacial score (nSPS) is 19.4. The van der Waals surface area contributed by atoms with Gasteiger partial charge in [-0.15, -0.1) is 0 Å². The lowest BCUT2D eigenvalue weighted by molar-refractivity contribution is 0.231. The number of unbranched alkanes of at least 4 members (excludes halogenated alkanes) is 1. The lowest BCUT2D eigenvalue weighted by atomic mass is 10.2. The molecular formula is C16H30N4. The summed E-state index contributed by atoms with van der Waals surface area (Å²) in [4.78, 5) is 6.93. The molecule has 4 heteroatoms. The van der Waals surface area contributed by atoms with Crippen molar-refractivity contribution in [3.8, 4) is 0 Å². The Balaban J connectivity index is 1.96. The summed E-state index contributed by atoms with van der Waals surface area (Å²) >= 11 is 0. The molecule has 20 heavy (non-hydrogen) atoms. The SMILES string of the molecule is CCCCN(Cc1cncn1C(C)C)CC1CCCN1. The molecule has 0 aromatic carbocycles. The number of nitrogens with one attached hydrogen (secondary N) is 1. The molecule has 1 N–H and O–H groups in total. The molecule has 1 unspecified atom stereocenters. The Morgan fingerprint density at radius 1 is 1.50 bits per heavy atom. The smallest absolute Gasteiger partial charge is 0.0951 e. The van der Waals surface area contributed by atoms with E-state index >= 15 is 0 Å². The zero-order valence-electron chi connectivity index (χ0n) is 13.3. The van der Waals surface area contributed by atoms with Gasteiger partial charge in [0.2, 0.25) is 0 Å². The summed E-state index contributed by atoms with van der Waals surface area (Å²) in [7, 11) is 0. The van der Waals surface area contributed by atoms with Crippen molar-refractivity contribution in [3.63, 3.8) is 0 Å². The largest absolute Gasteiger partial charge is 0.331 e. The molecule has 1 aromatic rings. The Hall–Kier alpha value is -0.870. The monoisotopic (exact) mass is 278 g/mol. The second kappa shape index (κ2) is 7.79. The van der Waals surface area contributed by atoms with E-state index in [0.29, 0.717) is 12.1 Å². The van der Waals surface area contributed by atoms with E-state index in [0.717, 1.165) is 6.54 Å². The summed E-state index contributed by atoms with van der Waals surface area (Å²) in [6.07, 6.45) is 9.19. The highest BCUT2D eigenvalue weighted by molar-refractivity contribution is 5.00. The van der Waals surface area contributed by atoms with Crippen molar-refractivity contribution in [1.29, 1.82) is 0 Å². The van der Waals surface area contributed by atoms with E-state index in [1.54, 1.807) is 0 Å². The van der Waals surface area contributed by atoms with E-state index in [1.807, 2.05) is 12.5 Å². The van der Waals surface area contributed by atoms with E-state index in [1.165, 1.54) is 51.0 Å². The van der Waals surface area contributed by atoms with Crippen LogP contribution >= 0.6 is 0 Å². The quantitative estimate of drug-likeness (QED) is 0.794. The van der Waals surface area contributed by atoms with E-state index in [9.17, 15) is 0 Å². The summed E-state index contributed by atoms with van der Waals surface area (Å²) in [5.41, 5.74) is 1.34. The zero-order chi connectivity index (χ0) is 14.4. The minimum atomic E-state index is 0.491. The van der Waals surface area contributed by atoms with Crippen molar-refractivity contribution in [3.05, 3.63) is 18.2 Å². The van der Waals surface area contributed by atoms with Crippen molar-refractivity contribution in [2.75, 3.05) is 19.6 Å². The molecule has 0 spiro atoms. The van der Waals surface area contributed by atoms with Gasteiger partial charge in [0.05, 0.1) is 12.0 Å². The van der Waals surface area contributed by atoms with Crippen LogP contribution in [-0.2, 0) is 6.54 Å². The van der Waals surface area contributed by atoms with Gasteiger partial charge in [-0.1, -0.05) is 13.3 Å². The fourth-order valence-corrected chi connectivity index (χ4v) is 2.99. The fraction of sp³-hybridized carbons (Fsp3) is 0.812. The van der Waals surface area contributed by atoms with Crippen molar-refractivity contribution in [1.82, 2.24) is 19.8 Å². The summed E-state index contributed by atoms with van der Waals surface area (Å²) in [5.74, 6) is 0. The Morgan fingerprint density at radius 2 is 2.35 bits per heavy atom. The molecule has 1 atom stereocenters. The first-order valence-electron chi connectivity index (χ1n) is 8.17. The number of hydrogen-bond acceptors (Lipinski definition) is 3. The molecule has 0 saturated carbocycles. The maximum absolute atomic E-state index is 4.33. The molecule has 1 saturated heterocycles. The van der Waals surface area contributed by atoms with Crippen LogP contribution in [0.5, 0.6) is 0 Å². The Kier molecular flexibility index (Phi) is 6.05. The van der Waals surface area contributed by atoms with E-state index in [4.69, 9.17) is 0 Å². The van der Waals surface area contributed by atoms with Gasteiger partial charge in [0.1, 0.15) is 0 Å². The Morgan fingerprint density at radius 3 is 3.00 bits per heavy atom. The van der Waals surface area contributed by atoms with E-state index < -0.39 is 0 Å². The third-order valence-corrected chi connectivity index (χ3v) is 4.16. The summed E-state index contributed by atoms with van der Waals surface area (Å²) in [5, 5.41) is 3.62. The van der Waals surface area contributed by atoms with Crippen molar-refractivity contribution in [2.24, 2.45) is 0 Å². The molecule has 1 aliphatic rings. The van der Waals surface area contributed by atoms with Gasteiger partial charge in [-0.3, -0.25) is 4.90 Å². The van der Waals surface area contributed by atoms with Crippen LogP contribution in [0.25, 0.3) is 0 Å². The average molecular weight is 278 g/mol. The first-order chi connectivity index (χ1) is 9.70. The number of aromatic nitrogens is 2. The van der Waals surface area contributed by atoms with Crippen molar-refractivity contribution < 1.29 is 0 Å². The Bertz CT molecular complexity index is 380. The molecule has 4 nitrogen and oxygen atoms in total. The second-order valence-electron chi connectivity index (χ2n) is 6.27. The number of hydrogen-bond donors (Lipinski definition) is 1. The van der Waals surface area contributed by atoms with Crippen LogP contribution in [0.2, 0.25) is 0 Å². The third kappa shape index (κ3) is 4.32. The van der Waals surface area contributed by atoms with Crippen LogP contribution in [0.4, 0.5) is 0 Å². The number of imidazole rings is 1. The lowest BCUT2D eigenvalue weighted by Crippen LogP contribution is -2.38. The predicted molar refractivity (Wildman–Crippen MR) is 83.8 cm³/mol. The fourth-order valence-electron chi connectivity index (χ4n) is 2.99. The molecular weight excluding hydrogens is 248 g/mol. The first-order valence-corrected chi connectivity index (χ1v) is 8.17. The third-order valence-electron chi connectivity index (χ3n) is 4.16. The molecule has 1 aromatic heterocycles. The zero-order valence-corrected chi connectivity index (χ0v) is 13.3. The maximum Gasteiger partial charge on any atom is 0.0951 e. The molecule has 1 aliphatic heterocycles. The lowest BCUT2D eigenvalue weighted by Gasteiger charge is -2.26. The van der Waals surface area contributed by atoms with Gasteiger partial charge in [-0.25, -0.2) is 4.98 Å². The van der Waals surface area contributed by atoms with Crippen molar-refractivity contribution in [2.45, 2.75) is 65.1 Å². The minimum Gasteiger partial charge on any atom is -0.331 e. The van der Waals surface area contributed by atoms with Crippen LogP contribution in [0.1, 0.15) is 58.2 Å². The van der Waals surface area contributed by atoms with Crippen molar-refractivity contribution >= 4 is 0 Å². The standard InChI is InChI=1S/C16H30N4/c1-4-5-9-19(11-15-7-6-8-18-15)12-16-10-17-13-20(16)14(2)3/h10,13-15,18H,4-9,11-12H2,1-3H3. The van der Waals surface area contributed by atoms with E-state index in [2.05, 4.69) is 40.5 Å². The van der Waals surface area contributed by atoms with Crippen LogP contribution in [0.15, 0.2) is 12.5 Å². The van der Waals surface area contributed by atoms with Gasteiger partial charge in [-0.05, 0) is 46.2 Å². The maximum atomic E-state index is 4.33. The molecule has 0 bridgehead atoms. The Labute approximate surface area is 123 Å². The van der Waals surface area contributed by atoms with Gasteiger partial charge >= 0.3 is 0 Å². The first kappa shape index (κ1) is 15.5. The van der Waals surface area contributed by atoms with Gasteiger partial charge in [-0.2, -0.15) is 0 Å². The van der Waals surface area contributed by atoms with E-state index in [-0.39, 0.29) is 0 Å². The molecule has 114 valence electrons. The topological polar surface area (TPSA) is 33.1 Å². The highest BCUT2D eigenvalue weighted by atomic mass is 15.2. The molecule has 2 heterocycles. The predicted octanol–water partition coefficient (Wildman–Crippen LogP) is 2.82. The molecule has 2 rings (SSSR count). The van der Waals surface area contributed by atoms with Gasteiger partial charge < -0.3 is 9.88 Å². The minimum absolute atomic E-state index is 0.491. The molecule has 0 radical (unpaired) electrons. The molecule has 1 fully saturated rings. The van der Waals surface area contributed by atoms with Gasteiger partial charge in [0.15, 0.2) is 0 Å². The van der Waals surface area contributed by atoms with Crippen LogP contribution in [0, 0.1) is 0 Å². The van der Waals surface area contributed by atoms with Gasteiger partial charge in [0.25, 0.3) is 0 Å². The second-order valence-corrected chi connectivity index (χ2v) is 6.27. The number of nitrogens with zero attached hydrogens (tertiary/aromatic N) is 3. The highest BCUT2D eigenvalue weighted by Gasteiger charge is 2.19. The van der Waals surface area contributed by atoms with Crippen LogP contribution in [0.3, 0.4) is 0 Å².